The van der Waals surface area contributed by atoms with Gasteiger partial charge in [-0.2, -0.15) is 0 Å². The lowest BCUT2D eigenvalue weighted by molar-refractivity contribution is -0.121. The lowest BCUT2D eigenvalue weighted by atomic mass is 9.96. The quantitative estimate of drug-likeness (QED) is 0.615. The molecule has 3 heterocycles. The Bertz CT molecular complexity index is 978. The first-order valence-corrected chi connectivity index (χ1v) is 10.6. The third-order valence-corrected chi connectivity index (χ3v) is 5.99. The summed E-state index contributed by atoms with van der Waals surface area (Å²) in [4.78, 5) is 31.2. The zero-order valence-electron chi connectivity index (χ0n) is 14.9. The minimum atomic E-state index is -0.126. The molecule has 8 heteroatoms. The molecule has 0 atom stereocenters. The van der Waals surface area contributed by atoms with Crippen LogP contribution in [0.5, 0.6) is 0 Å². The van der Waals surface area contributed by atoms with Gasteiger partial charge in [0.05, 0.1) is 12.0 Å². The summed E-state index contributed by atoms with van der Waals surface area (Å²) in [5.74, 6) is 0.0484. The Kier molecular flexibility index (Phi) is 5.59. The maximum absolute atomic E-state index is 12.6. The summed E-state index contributed by atoms with van der Waals surface area (Å²) in [7, 11) is 0. The van der Waals surface area contributed by atoms with E-state index in [9.17, 15) is 9.59 Å². The number of carbonyl (C=O) groups is 2. The van der Waals surface area contributed by atoms with Crippen molar-refractivity contribution in [1.82, 2.24) is 9.88 Å². The predicted octanol–water partition coefficient (Wildman–Crippen LogP) is 4.66. The summed E-state index contributed by atoms with van der Waals surface area (Å²) < 4.78 is 6.15. The standard InChI is InChI=1S/C20H18BrN3O3S/c21-15-4-1-3-14(11-15)16-12-28-20(22-16)23-18(25)13-6-8-24(9-7-13)19(26)17-5-2-10-27-17/h1-5,10-13H,6-9H2,(H,22,23,25). The van der Waals surface area contributed by atoms with Crippen LogP contribution in [-0.2, 0) is 4.79 Å². The number of thiazole rings is 1. The Balaban J connectivity index is 1.33. The molecule has 1 aromatic carbocycles. The number of benzene rings is 1. The van der Waals surface area contributed by atoms with Gasteiger partial charge >= 0.3 is 0 Å². The van der Waals surface area contributed by atoms with Crippen LogP contribution >= 0.6 is 27.3 Å². The van der Waals surface area contributed by atoms with Gasteiger partial charge in [0.15, 0.2) is 10.9 Å². The van der Waals surface area contributed by atoms with E-state index < -0.39 is 0 Å². The Labute approximate surface area is 174 Å². The minimum Gasteiger partial charge on any atom is -0.459 e. The molecule has 0 spiro atoms. The number of hydrogen-bond donors (Lipinski definition) is 1. The van der Waals surface area contributed by atoms with Crippen LogP contribution in [0.2, 0.25) is 0 Å². The topological polar surface area (TPSA) is 75.4 Å². The van der Waals surface area contributed by atoms with Crippen LogP contribution in [-0.4, -0.2) is 34.8 Å². The Hall–Kier alpha value is -2.45. The Morgan fingerprint density at radius 2 is 2.04 bits per heavy atom. The molecular formula is C20H18BrN3O3S. The number of piperidine rings is 1. The summed E-state index contributed by atoms with van der Waals surface area (Å²) in [6.45, 7) is 1.08. The second-order valence-corrected chi connectivity index (χ2v) is 8.36. The van der Waals surface area contributed by atoms with E-state index in [0.29, 0.717) is 36.8 Å². The lowest BCUT2D eigenvalue weighted by Crippen LogP contribution is -2.41. The molecule has 1 N–H and O–H groups in total. The summed E-state index contributed by atoms with van der Waals surface area (Å²) >= 11 is 4.87. The number of likely N-dealkylation sites (tertiary alicyclic amines) is 1. The van der Waals surface area contributed by atoms with E-state index in [2.05, 4.69) is 26.2 Å². The number of hydrogen-bond acceptors (Lipinski definition) is 5. The molecule has 4 rings (SSSR count). The van der Waals surface area contributed by atoms with Gasteiger partial charge < -0.3 is 14.6 Å². The van der Waals surface area contributed by atoms with Crippen molar-refractivity contribution >= 4 is 44.2 Å². The Morgan fingerprint density at radius 3 is 2.75 bits per heavy atom. The van der Waals surface area contributed by atoms with E-state index >= 15 is 0 Å². The van der Waals surface area contributed by atoms with Crippen molar-refractivity contribution in [3.63, 3.8) is 0 Å². The molecule has 0 saturated carbocycles. The van der Waals surface area contributed by atoms with E-state index in [1.807, 2.05) is 29.6 Å². The SMILES string of the molecule is O=C(Nc1nc(-c2cccc(Br)c2)cs1)C1CCN(C(=O)c2ccco2)CC1. The largest absolute Gasteiger partial charge is 0.459 e. The number of carbonyl (C=O) groups excluding carboxylic acids is 2. The van der Waals surface area contributed by atoms with Crippen LogP contribution < -0.4 is 5.32 Å². The van der Waals surface area contributed by atoms with Crippen molar-refractivity contribution < 1.29 is 14.0 Å². The van der Waals surface area contributed by atoms with Gasteiger partial charge in [-0.05, 0) is 37.1 Å². The van der Waals surface area contributed by atoms with Crippen LogP contribution in [0.1, 0.15) is 23.4 Å². The maximum Gasteiger partial charge on any atom is 0.289 e. The summed E-state index contributed by atoms with van der Waals surface area (Å²) in [5.41, 5.74) is 1.83. The second kappa shape index (κ2) is 8.28. The number of furan rings is 1. The first kappa shape index (κ1) is 18.9. The fraction of sp³-hybridized carbons (Fsp3) is 0.250. The number of nitrogens with one attached hydrogen (secondary N) is 1. The fourth-order valence-corrected chi connectivity index (χ4v) is 4.34. The highest BCUT2D eigenvalue weighted by atomic mass is 79.9. The van der Waals surface area contributed by atoms with Crippen LogP contribution in [0, 0.1) is 5.92 Å². The molecule has 1 fully saturated rings. The van der Waals surface area contributed by atoms with Crippen molar-refractivity contribution in [2.75, 3.05) is 18.4 Å². The lowest BCUT2D eigenvalue weighted by Gasteiger charge is -2.30. The van der Waals surface area contributed by atoms with Crippen LogP contribution in [0.15, 0.2) is 56.9 Å². The normalized spacial score (nSPS) is 14.8. The number of anilines is 1. The molecule has 0 aliphatic carbocycles. The third-order valence-electron chi connectivity index (χ3n) is 4.74. The molecule has 144 valence electrons. The van der Waals surface area contributed by atoms with Gasteiger partial charge in [-0.1, -0.05) is 28.1 Å². The molecule has 3 aromatic rings. The van der Waals surface area contributed by atoms with E-state index in [-0.39, 0.29) is 17.7 Å². The van der Waals surface area contributed by atoms with Crippen molar-refractivity contribution in [2.45, 2.75) is 12.8 Å². The predicted molar refractivity (Wildman–Crippen MR) is 111 cm³/mol. The first-order chi connectivity index (χ1) is 13.6. The average molecular weight is 460 g/mol. The van der Waals surface area contributed by atoms with Crippen molar-refractivity contribution in [1.29, 1.82) is 0 Å². The Morgan fingerprint density at radius 1 is 1.21 bits per heavy atom. The number of rotatable bonds is 4. The highest BCUT2D eigenvalue weighted by Crippen LogP contribution is 2.28. The van der Waals surface area contributed by atoms with Crippen molar-refractivity contribution in [3.05, 3.63) is 58.3 Å². The summed E-state index contributed by atoms with van der Waals surface area (Å²) in [6, 6.07) is 11.2. The molecule has 6 nitrogen and oxygen atoms in total. The highest BCUT2D eigenvalue weighted by Gasteiger charge is 2.29. The average Bonchev–Trinajstić information content (AvgIpc) is 3.40. The maximum atomic E-state index is 12.6. The van der Waals surface area contributed by atoms with E-state index in [0.717, 1.165) is 15.7 Å². The third kappa shape index (κ3) is 4.18. The van der Waals surface area contributed by atoms with Gasteiger partial charge in [0, 0.05) is 34.4 Å². The zero-order valence-corrected chi connectivity index (χ0v) is 17.3. The highest BCUT2D eigenvalue weighted by molar-refractivity contribution is 9.10. The van der Waals surface area contributed by atoms with Crippen LogP contribution in [0.4, 0.5) is 5.13 Å². The summed E-state index contributed by atoms with van der Waals surface area (Å²) in [5, 5.41) is 5.45. The molecule has 28 heavy (non-hydrogen) atoms. The molecule has 2 amide bonds. The zero-order chi connectivity index (χ0) is 19.5. The molecule has 0 bridgehead atoms. The van der Waals surface area contributed by atoms with E-state index in [1.54, 1.807) is 17.0 Å². The number of aromatic nitrogens is 1. The first-order valence-electron chi connectivity index (χ1n) is 8.95. The van der Waals surface area contributed by atoms with Gasteiger partial charge in [0.2, 0.25) is 5.91 Å². The molecule has 1 aliphatic rings. The van der Waals surface area contributed by atoms with Gasteiger partial charge in [0.1, 0.15) is 0 Å². The second-order valence-electron chi connectivity index (χ2n) is 6.58. The monoisotopic (exact) mass is 459 g/mol. The number of halogens is 1. The van der Waals surface area contributed by atoms with Gasteiger partial charge in [-0.25, -0.2) is 4.98 Å². The van der Waals surface area contributed by atoms with Gasteiger partial charge in [-0.15, -0.1) is 11.3 Å². The van der Waals surface area contributed by atoms with E-state index in [1.165, 1.54) is 17.6 Å². The molecule has 2 aromatic heterocycles. The molecule has 1 aliphatic heterocycles. The van der Waals surface area contributed by atoms with Gasteiger partial charge in [0.25, 0.3) is 5.91 Å². The van der Waals surface area contributed by atoms with Crippen LogP contribution in [0.3, 0.4) is 0 Å². The minimum absolute atomic E-state index is 0.0414. The van der Waals surface area contributed by atoms with Crippen LogP contribution in [0.25, 0.3) is 11.3 Å². The molecule has 0 radical (unpaired) electrons. The number of nitrogens with zero attached hydrogens (tertiary/aromatic N) is 2. The number of amides is 2. The fourth-order valence-electron chi connectivity index (χ4n) is 3.22. The van der Waals surface area contributed by atoms with E-state index in [4.69, 9.17) is 4.42 Å². The van der Waals surface area contributed by atoms with Crippen molar-refractivity contribution in [3.8, 4) is 11.3 Å². The molecule has 1 saturated heterocycles. The summed E-state index contributed by atoms with van der Waals surface area (Å²) in [6.07, 6.45) is 2.74. The van der Waals surface area contributed by atoms with Crippen molar-refractivity contribution in [2.24, 2.45) is 5.92 Å². The smallest absolute Gasteiger partial charge is 0.289 e. The molecular weight excluding hydrogens is 442 g/mol. The molecule has 0 unspecified atom stereocenters. The van der Waals surface area contributed by atoms with Gasteiger partial charge in [-0.3, -0.25) is 9.59 Å².